The summed E-state index contributed by atoms with van der Waals surface area (Å²) in [6.07, 6.45) is 3.58. The number of nitrogens with one attached hydrogen (secondary N) is 2. The van der Waals surface area contributed by atoms with Gasteiger partial charge in [0.1, 0.15) is 12.1 Å². The molecule has 11 nitrogen and oxygen atoms in total. The zero-order chi connectivity index (χ0) is 31.5. The summed E-state index contributed by atoms with van der Waals surface area (Å²) in [5.74, 6) is -2.11. The highest BCUT2D eigenvalue weighted by atomic mass is 16.6. The molecule has 232 valence electrons. The lowest BCUT2D eigenvalue weighted by Gasteiger charge is -2.38. The SMILES string of the molecule is COC[C@H]1C(=O)N2CCC[C@H](N2)C(=O)N[C@H](C)c2ccc3ccc(cc3n2)/C=C\C(C)(C)C(=O)O[C@@H](C(C)C)C(=O)N1C. The molecule has 3 heterocycles. The van der Waals surface area contributed by atoms with Gasteiger partial charge in [0.05, 0.1) is 29.3 Å². The summed E-state index contributed by atoms with van der Waals surface area (Å²) in [5, 5.41) is 5.35. The highest BCUT2D eigenvalue weighted by molar-refractivity contribution is 5.92. The van der Waals surface area contributed by atoms with Crippen LogP contribution in [0.1, 0.15) is 64.8 Å². The third-order valence-electron chi connectivity index (χ3n) is 8.04. The van der Waals surface area contributed by atoms with Crippen molar-refractivity contribution in [3.63, 3.8) is 0 Å². The number of ether oxygens (including phenoxy) is 2. The fraction of sp³-hybridized carbons (Fsp3) is 0.531. The van der Waals surface area contributed by atoms with Crippen LogP contribution in [0, 0.1) is 11.3 Å². The Kier molecular flexibility index (Phi) is 9.86. The van der Waals surface area contributed by atoms with Crippen molar-refractivity contribution in [1.29, 1.82) is 0 Å². The largest absolute Gasteiger partial charge is 0.451 e. The van der Waals surface area contributed by atoms with Gasteiger partial charge in [-0.05, 0) is 57.2 Å². The lowest BCUT2D eigenvalue weighted by atomic mass is 9.91. The van der Waals surface area contributed by atoms with Gasteiger partial charge in [-0.3, -0.25) is 29.2 Å². The monoisotopic (exact) mass is 593 g/mol. The minimum absolute atomic E-state index is 0.0766. The van der Waals surface area contributed by atoms with Crippen molar-refractivity contribution in [1.82, 2.24) is 25.6 Å². The summed E-state index contributed by atoms with van der Waals surface area (Å²) in [6, 6.07) is 7.61. The smallest absolute Gasteiger partial charge is 0.316 e. The van der Waals surface area contributed by atoms with Crippen LogP contribution in [-0.2, 0) is 28.7 Å². The van der Waals surface area contributed by atoms with Crippen molar-refractivity contribution < 1.29 is 28.7 Å². The number of pyridine rings is 1. The summed E-state index contributed by atoms with van der Waals surface area (Å²) in [7, 11) is 2.95. The molecule has 3 amide bonds. The summed E-state index contributed by atoms with van der Waals surface area (Å²) in [5.41, 5.74) is 4.28. The molecular weight excluding hydrogens is 550 g/mol. The van der Waals surface area contributed by atoms with E-state index in [4.69, 9.17) is 14.5 Å². The average Bonchev–Trinajstić information content (AvgIpc) is 2.99. The predicted octanol–water partition coefficient (Wildman–Crippen LogP) is 3.00. The maximum atomic E-state index is 13.7. The van der Waals surface area contributed by atoms with Crippen LogP contribution >= 0.6 is 0 Å². The third-order valence-corrected chi connectivity index (χ3v) is 8.04. The van der Waals surface area contributed by atoms with E-state index in [-0.39, 0.29) is 24.5 Å². The molecule has 43 heavy (non-hydrogen) atoms. The molecule has 4 rings (SSSR count). The normalized spacial score (nSPS) is 26.4. The number of aromatic nitrogens is 1. The molecule has 0 radical (unpaired) electrons. The van der Waals surface area contributed by atoms with Crippen molar-refractivity contribution in [3.8, 4) is 0 Å². The van der Waals surface area contributed by atoms with Gasteiger partial charge in [-0.15, -0.1) is 0 Å². The zero-order valence-corrected chi connectivity index (χ0v) is 26.0. The Morgan fingerprint density at radius 2 is 1.84 bits per heavy atom. The Bertz CT molecular complexity index is 1410. The molecule has 0 unspecified atom stereocenters. The molecule has 0 aliphatic carbocycles. The van der Waals surface area contributed by atoms with Gasteiger partial charge >= 0.3 is 5.97 Å². The number of hydrogen-bond acceptors (Lipinski definition) is 8. The standard InChI is InChI=1S/C32H43N5O6/c1-19(2)27-30(40)36(6)26(18-42-7)29(39)37-16-8-9-24(35-37)28(38)33-20(3)23-13-12-22-11-10-21(17-25(22)34-23)14-15-32(4,5)31(41)43-27/h10-15,17,19-20,24,26-27,35H,8-9,16,18H2,1-7H3,(H,33,38)/b15-14-/t20-,24+,26+,27+/m1/s1. The van der Waals surface area contributed by atoms with Crippen LogP contribution in [0.3, 0.4) is 0 Å². The average molecular weight is 594 g/mol. The number of fused-ring (bicyclic) bond motifs is 4. The fourth-order valence-corrected chi connectivity index (χ4v) is 5.17. The second kappa shape index (κ2) is 13.2. The van der Waals surface area contributed by atoms with Crippen LogP contribution in [0.15, 0.2) is 36.4 Å². The molecule has 1 fully saturated rings. The topological polar surface area (TPSA) is 130 Å². The number of esters is 1. The van der Waals surface area contributed by atoms with E-state index in [0.29, 0.717) is 25.1 Å². The van der Waals surface area contributed by atoms with Gasteiger partial charge in [0.15, 0.2) is 6.10 Å². The lowest BCUT2D eigenvalue weighted by molar-refractivity contribution is -0.171. The predicted molar refractivity (Wildman–Crippen MR) is 162 cm³/mol. The number of rotatable bonds is 3. The molecule has 1 aromatic heterocycles. The van der Waals surface area contributed by atoms with Gasteiger partial charge in [-0.25, -0.2) is 5.43 Å². The van der Waals surface area contributed by atoms with E-state index in [2.05, 4.69) is 10.7 Å². The summed E-state index contributed by atoms with van der Waals surface area (Å²) >= 11 is 0. The highest BCUT2D eigenvalue weighted by Crippen LogP contribution is 2.26. The Balaban J connectivity index is 1.75. The number of likely N-dealkylation sites (N-methyl/N-ethyl adjacent to an activating group) is 1. The number of hydrazine groups is 1. The molecule has 2 N–H and O–H groups in total. The Labute approximate surface area is 252 Å². The van der Waals surface area contributed by atoms with Crippen molar-refractivity contribution in [2.45, 2.75) is 71.7 Å². The first kappa shape index (κ1) is 32.1. The van der Waals surface area contributed by atoms with E-state index in [0.717, 1.165) is 16.5 Å². The van der Waals surface area contributed by atoms with Gasteiger partial charge in [0.25, 0.3) is 11.8 Å². The summed E-state index contributed by atoms with van der Waals surface area (Å²) < 4.78 is 11.2. The van der Waals surface area contributed by atoms with Crippen LogP contribution in [0.2, 0.25) is 0 Å². The van der Waals surface area contributed by atoms with E-state index < -0.39 is 41.4 Å². The van der Waals surface area contributed by atoms with Crippen LogP contribution in [0.5, 0.6) is 0 Å². The van der Waals surface area contributed by atoms with Gasteiger partial charge in [0, 0.05) is 26.1 Å². The molecule has 1 saturated heterocycles. The first-order chi connectivity index (χ1) is 20.3. The number of nitrogens with zero attached hydrogens (tertiary/aromatic N) is 3. The number of benzene rings is 1. The van der Waals surface area contributed by atoms with Crippen LogP contribution in [0.4, 0.5) is 0 Å². The van der Waals surface area contributed by atoms with Gasteiger partial charge in [0.2, 0.25) is 5.91 Å². The molecule has 0 saturated carbocycles. The molecule has 4 atom stereocenters. The van der Waals surface area contributed by atoms with Gasteiger partial charge in [-0.1, -0.05) is 44.2 Å². The maximum Gasteiger partial charge on any atom is 0.316 e. The fourth-order valence-electron chi connectivity index (χ4n) is 5.17. The highest BCUT2D eigenvalue weighted by Gasteiger charge is 2.40. The number of methoxy groups -OCH3 is 1. The van der Waals surface area contributed by atoms with Crippen LogP contribution < -0.4 is 10.7 Å². The van der Waals surface area contributed by atoms with E-state index >= 15 is 0 Å². The molecule has 2 aromatic rings. The van der Waals surface area contributed by atoms with Gasteiger partial charge < -0.3 is 19.7 Å². The minimum Gasteiger partial charge on any atom is -0.451 e. The van der Waals surface area contributed by atoms with Crippen molar-refractivity contribution in [2.75, 3.05) is 27.3 Å². The number of carbonyl (C=O) groups excluding carboxylic acids is 4. The zero-order valence-electron chi connectivity index (χ0n) is 26.0. The number of cyclic esters (lactones) is 1. The van der Waals surface area contributed by atoms with Crippen LogP contribution in [-0.4, -0.2) is 84.1 Å². The minimum atomic E-state index is -1.12. The summed E-state index contributed by atoms with van der Waals surface area (Å²) in [4.78, 5) is 60.3. The van der Waals surface area contributed by atoms with E-state index in [9.17, 15) is 19.2 Å². The summed E-state index contributed by atoms with van der Waals surface area (Å²) in [6.45, 7) is 9.17. The molecular formula is C32H43N5O6. The first-order valence-electron chi connectivity index (χ1n) is 14.8. The molecule has 2 aliphatic heterocycles. The quantitative estimate of drug-likeness (QED) is 0.520. The Morgan fingerprint density at radius 3 is 2.53 bits per heavy atom. The Hall–Kier alpha value is -3.83. The molecule has 2 aliphatic rings. The van der Waals surface area contributed by atoms with Crippen molar-refractivity contribution in [3.05, 3.63) is 47.7 Å². The van der Waals surface area contributed by atoms with Crippen molar-refractivity contribution in [2.24, 2.45) is 11.3 Å². The van der Waals surface area contributed by atoms with Crippen LogP contribution in [0.25, 0.3) is 17.0 Å². The second-order valence-electron chi connectivity index (χ2n) is 12.3. The third kappa shape index (κ3) is 7.22. The molecule has 0 spiro atoms. The molecule has 5 bridgehead atoms. The van der Waals surface area contributed by atoms with Gasteiger partial charge in [-0.2, -0.15) is 0 Å². The van der Waals surface area contributed by atoms with E-state index in [1.165, 1.54) is 24.1 Å². The Morgan fingerprint density at radius 1 is 1.12 bits per heavy atom. The van der Waals surface area contributed by atoms with E-state index in [1.54, 1.807) is 33.8 Å². The first-order valence-corrected chi connectivity index (χ1v) is 14.8. The number of amides is 3. The number of hydrogen-bond donors (Lipinski definition) is 2. The van der Waals surface area contributed by atoms with E-state index in [1.807, 2.05) is 43.3 Å². The lowest BCUT2D eigenvalue weighted by Crippen LogP contribution is -2.62. The molecule has 1 aromatic carbocycles. The maximum absolute atomic E-state index is 13.7. The molecule has 11 heteroatoms. The van der Waals surface area contributed by atoms with Crippen molar-refractivity contribution >= 4 is 40.7 Å². The number of carbonyl (C=O) groups is 4. The second-order valence-corrected chi connectivity index (χ2v) is 12.3.